The number of nitrogens with two attached hydrogens (primary N) is 1. The lowest BCUT2D eigenvalue weighted by Crippen LogP contribution is -2.32. The van der Waals surface area contributed by atoms with Crippen LogP contribution in [0.25, 0.3) is 0 Å². The van der Waals surface area contributed by atoms with Crippen molar-refractivity contribution in [2.45, 2.75) is 32.4 Å². The largest absolute Gasteiger partial charge is 0.370 e. The van der Waals surface area contributed by atoms with Gasteiger partial charge in [-0.25, -0.2) is 0 Å². The molecule has 1 amide bonds. The van der Waals surface area contributed by atoms with Gasteiger partial charge in [0, 0.05) is 23.4 Å². The van der Waals surface area contributed by atoms with Gasteiger partial charge in [0.25, 0.3) is 0 Å². The number of primary amides is 1. The van der Waals surface area contributed by atoms with E-state index in [9.17, 15) is 4.79 Å². The molecule has 0 saturated carbocycles. The second-order valence-electron chi connectivity index (χ2n) is 3.48. The van der Waals surface area contributed by atoms with Gasteiger partial charge < -0.3 is 11.1 Å². The third-order valence-electron chi connectivity index (χ3n) is 2.01. The van der Waals surface area contributed by atoms with Crippen LogP contribution in [-0.2, 0) is 4.79 Å². The van der Waals surface area contributed by atoms with Gasteiger partial charge >= 0.3 is 0 Å². The fraction of sp³-hybridized carbons (Fsp3) is 0.500. The lowest BCUT2D eigenvalue weighted by molar-refractivity contribution is -0.118. The summed E-state index contributed by atoms with van der Waals surface area (Å²) >= 11 is 1.71. The molecule has 1 aromatic rings. The fourth-order valence-corrected chi connectivity index (χ4v) is 2.15. The molecular formula is C10H16N2OS. The topological polar surface area (TPSA) is 55.1 Å². The van der Waals surface area contributed by atoms with Crippen LogP contribution in [0.2, 0.25) is 0 Å². The van der Waals surface area contributed by atoms with Crippen molar-refractivity contribution in [2.75, 3.05) is 0 Å². The van der Waals surface area contributed by atoms with Crippen LogP contribution in [0.1, 0.15) is 31.2 Å². The number of carbonyl (C=O) groups is 1. The van der Waals surface area contributed by atoms with Gasteiger partial charge in [-0.1, -0.05) is 6.07 Å². The Labute approximate surface area is 88.3 Å². The third-order valence-corrected chi connectivity index (χ3v) is 3.07. The Hall–Kier alpha value is -0.870. The second kappa shape index (κ2) is 5.12. The molecular weight excluding hydrogens is 196 g/mol. The van der Waals surface area contributed by atoms with Gasteiger partial charge in [-0.3, -0.25) is 4.79 Å². The summed E-state index contributed by atoms with van der Waals surface area (Å²) in [4.78, 5) is 11.9. The van der Waals surface area contributed by atoms with Crippen LogP contribution < -0.4 is 11.1 Å². The molecule has 2 unspecified atom stereocenters. The van der Waals surface area contributed by atoms with Crippen LogP contribution >= 0.6 is 11.3 Å². The zero-order chi connectivity index (χ0) is 10.6. The summed E-state index contributed by atoms with van der Waals surface area (Å²) in [5, 5.41) is 5.37. The molecule has 0 fully saturated rings. The van der Waals surface area contributed by atoms with Crippen molar-refractivity contribution in [1.29, 1.82) is 0 Å². The summed E-state index contributed by atoms with van der Waals surface area (Å²) in [5.74, 6) is -0.261. The van der Waals surface area contributed by atoms with Gasteiger partial charge in [0.1, 0.15) is 0 Å². The first-order valence-corrected chi connectivity index (χ1v) is 5.55. The van der Waals surface area contributed by atoms with Crippen LogP contribution in [-0.4, -0.2) is 11.9 Å². The molecule has 0 aliphatic carbocycles. The molecule has 0 aliphatic heterocycles. The summed E-state index contributed by atoms with van der Waals surface area (Å²) < 4.78 is 0. The highest BCUT2D eigenvalue weighted by Gasteiger charge is 2.11. The average molecular weight is 212 g/mol. The highest BCUT2D eigenvalue weighted by molar-refractivity contribution is 7.10. The number of amides is 1. The van der Waals surface area contributed by atoms with Gasteiger partial charge in [0.2, 0.25) is 5.91 Å². The maximum absolute atomic E-state index is 10.7. The lowest BCUT2D eigenvalue weighted by atomic mass is 10.2. The van der Waals surface area contributed by atoms with Crippen LogP contribution in [0, 0.1) is 0 Å². The van der Waals surface area contributed by atoms with Gasteiger partial charge in [-0.2, -0.15) is 0 Å². The average Bonchev–Trinajstić information content (AvgIpc) is 2.53. The van der Waals surface area contributed by atoms with E-state index in [-0.39, 0.29) is 18.0 Å². The van der Waals surface area contributed by atoms with E-state index < -0.39 is 0 Å². The number of carbonyl (C=O) groups excluding carboxylic acids is 1. The summed E-state index contributed by atoms with van der Waals surface area (Å²) in [6.07, 6.45) is 0.385. The minimum Gasteiger partial charge on any atom is -0.370 e. The number of nitrogens with one attached hydrogen (secondary N) is 1. The Morgan fingerprint density at radius 2 is 2.36 bits per heavy atom. The summed E-state index contributed by atoms with van der Waals surface area (Å²) in [6.45, 7) is 4.05. The Balaban J connectivity index is 2.41. The van der Waals surface area contributed by atoms with E-state index in [1.807, 2.05) is 18.4 Å². The number of thiophene rings is 1. The van der Waals surface area contributed by atoms with Crippen LogP contribution in [0.15, 0.2) is 17.5 Å². The highest BCUT2D eigenvalue weighted by atomic mass is 32.1. The quantitative estimate of drug-likeness (QED) is 0.780. The van der Waals surface area contributed by atoms with Crippen LogP contribution in [0.5, 0.6) is 0 Å². The predicted molar refractivity (Wildman–Crippen MR) is 59.1 cm³/mol. The molecule has 4 heteroatoms. The summed E-state index contributed by atoms with van der Waals surface area (Å²) in [5.41, 5.74) is 5.11. The van der Waals surface area contributed by atoms with Crippen molar-refractivity contribution >= 4 is 17.2 Å². The molecule has 0 bridgehead atoms. The molecule has 1 heterocycles. The highest BCUT2D eigenvalue weighted by Crippen LogP contribution is 2.18. The minimum atomic E-state index is -0.261. The lowest BCUT2D eigenvalue weighted by Gasteiger charge is -2.17. The monoisotopic (exact) mass is 212 g/mol. The molecule has 3 N–H and O–H groups in total. The maximum atomic E-state index is 10.7. The zero-order valence-electron chi connectivity index (χ0n) is 8.49. The van der Waals surface area contributed by atoms with Gasteiger partial charge in [0.05, 0.1) is 0 Å². The normalized spacial score (nSPS) is 15.0. The molecule has 2 atom stereocenters. The Bertz CT molecular complexity index is 284. The molecule has 78 valence electrons. The van der Waals surface area contributed by atoms with E-state index in [4.69, 9.17) is 5.73 Å². The second-order valence-corrected chi connectivity index (χ2v) is 4.45. The summed E-state index contributed by atoms with van der Waals surface area (Å²) in [6, 6.07) is 4.52. The molecule has 0 saturated heterocycles. The Kier molecular flexibility index (Phi) is 4.10. The van der Waals surface area contributed by atoms with Crippen molar-refractivity contribution in [3.05, 3.63) is 22.4 Å². The van der Waals surface area contributed by atoms with E-state index in [2.05, 4.69) is 18.3 Å². The molecule has 14 heavy (non-hydrogen) atoms. The van der Waals surface area contributed by atoms with E-state index in [1.165, 1.54) is 4.88 Å². The van der Waals surface area contributed by atoms with Crippen molar-refractivity contribution in [3.8, 4) is 0 Å². The van der Waals surface area contributed by atoms with E-state index in [0.29, 0.717) is 6.42 Å². The molecule has 0 spiro atoms. The van der Waals surface area contributed by atoms with Gasteiger partial charge in [0.15, 0.2) is 0 Å². The maximum Gasteiger partial charge on any atom is 0.218 e. The zero-order valence-corrected chi connectivity index (χ0v) is 9.30. The number of rotatable bonds is 5. The minimum absolute atomic E-state index is 0.129. The molecule has 1 rings (SSSR count). The Morgan fingerprint density at radius 3 is 2.86 bits per heavy atom. The van der Waals surface area contributed by atoms with Crippen molar-refractivity contribution in [1.82, 2.24) is 5.32 Å². The Morgan fingerprint density at radius 1 is 1.64 bits per heavy atom. The van der Waals surface area contributed by atoms with Crippen LogP contribution in [0.4, 0.5) is 0 Å². The molecule has 0 radical (unpaired) electrons. The van der Waals surface area contributed by atoms with Crippen molar-refractivity contribution < 1.29 is 4.79 Å². The predicted octanol–water partition coefficient (Wildman–Crippen LogP) is 1.66. The SMILES string of the molecule is CC(CC(N)=O)NC(C)c1cccs1. The van der Waals surface area contributed by atoms with Crippen molar-refractivity contribution in [2.24, 2.45) is 5.73 Å². The molecule has 1 aromatic heterocycles. The number of hydrogen-bond donors (Lipinski definition) is 2. The number of hydrogen-bond acceptors (Lipinski definition) is 3. The molecule has 0 aliphatic rings. The van der Waals surface area contributed by atoms with E-state index >= 15 is 0 Å². The van der Waals surface area contributed by atoms with Gasteiger partial charge in [-0.15, -0.1) is 11.3 Å². The molecule has 3 nitrogen and oxygen atoms in total. The summed E-state index contributed by atoms with van der Waals surface area (Å²) in [7, 11) is 0. The van der Waals surface area contributed by atoms with Crippen molar-refractivity contribution in [3.63, 3.8) is 0 Å². The van der Waals surface area contributed by atoms with E-state index in [1.54, 1.807) is 11.3 Å². The smallest absolute Gasteiger partial charge is 0.218 e. The van der Waals surface area contributed by atoms with Gasteiger partial charge in [-0.05, 0) is 25.3 Å². The molecule has 0 aromatic carbocycles. The third kappa shape index (κ3) is 3.47. The fourth-order valence-electron chi connectivity index (χ4n) is 1.41. The van der Waals surface area contributed by atoms with E-state index in [0.717, 1.165) is 0 Å². The first kappa shape index (κ1) is 11.2. The first-order valence-electron chi connectivity index (χ1n) is 4.67. The first-order chi connectivity index (χ1) is 6.59. The van der Waals surface area contributed by atoms with Crippen LogP contribution in [0.3, 0.4) is 0 Å². The standard InChI is InChI=1S/C10H16N2OS/c1-7(6-10(11)13)12-8(2)9-4-3-5-14-9/h3-5,7-8,12H,6H2,1-2H3,(H2,11,13).